The van der Waals surface area contributed by atoms with Gasteiger partial charge in [-0.3, -0.25) is 9.89 Å². The molecule has 6 heteroatoms. The lowest BCUT2D eigenvalue weighted by molar-refractivity contribution is 0.111. The number of hydrogen-bond donors (Lipinski definition) is 2. The van der Waals surface area contributed by atoms with Crippen LogP contribution >= 0.6 is 24.0 Å². The van der Waals surface area contributed by atoms with Crippen LogP contribution in [0.15, 0.2) is 35.3 Å². The van der Waals surface area contributed by atoms with Gasteiger partial charge in [0.25, 0.3) is 0 Å². The maximum atomic E-state index is 5.61. The minimum absolute atomic E-state index is 0. The fraction of sp³-hybridized carbons (Fsp3) is 0.632. The molecule has 0 aliphatic carbocycles. The number of guanidine groups is 1. The maximum absolute atomic E-state index is 5.61. The normalized spacial score (nSPS) is 19.3. The SMILES string of the molecule is CCNC(=NCC(OC)c1ccccc1)NCC1CCCN1CC.I. The number of rotatable bonds is 8. The molecule has 1 aliphatic rings. The molecule has 1 heterocycles. The van der Waals surface area contributed by atoms with Crippen LogP contribution in [0.1, 0.15) is 38.4 Å². The first-order valence-electron chi connectivity index (χ1n) is 9.12. The second-order valence-corrected chi connectivity index (χ2v) is 6.16. The summed E-state index contributed by atoms with van der Waals surface area (Å²) in [6, 6.07) is 10.9. The largest absolute Gasteiger partial charge is 0.375 e. The third-order valence-corrected chi connectivity index (χ3v) is 4.63. The zero-order valence-electron chi connectivity index (χ0n) is 15.7. The number of halogens is 1. The second-order valence-electron chi connectivity index (χ2n) is 6.16. The standard InChI is InChI=1S/C19H32N4O.HI/c1-4-20-19(21-14-17-12-9-13-23(17)5-2)22-15-18(24-3)16-10-7-6-8-11-16;/h6-8,10-11,17-18H,4-5,9,12-15H2,1-3H3,(H2,20,21,22);1H. The smallest absolute Gasteiger partial charge is 0.191 e. The van der Waals surface area contributed by atoms with Gasteiger partial charge in [0.1, 0.15) is 6.10 Å². The third-order valence-electron chi connectivity index (χ3n) is 4.63. The number of methoxy groups -OCH3 is 1. The fourth-order valence-electron chi connectivity index (χ4n) is 3.26. The molecule has 0 saturated carbocycles. The molecule has 2 rings (SSSR count). The van der Waals surface area contributed by atoms with Crippen molar-refractivity contribution in [1.82, 2.24) is 15.5 Å². The van der Waals surface area contributed by atoms with Crippen molar-refractivity contribution in [1.29, 1.82) is 0 Å². The Morgan fingerprint density at radius 2 is 2.04 bits per heavy atom. The Bertz CT molecular complexity index is 497. The van der Waals surface area contributed by atoms with E-state index >= 15 is 0 Å². The van der Waals surface area contributed by atoms with Crippen molar-refractivity contribution < 1.29 is 4.74 Å². The van der Waals surface area contributed by atoms with Gasteiger partial charge in [0.05, 0.1) is 6.54 Å². The molecule has 25 heavy (non-hydrogen) atoms. The van der Waals surface area contributed by atoms with E-state index in [1.165, 1.54) is 19.4 Å². The van der Waals surface area contributed by atoms with Gasteiger partial charge in [-0.2, -0.15) is 0 Å². The topological polar surface area (TPSA) is 48.9 Å². The number of ether oxygens (including phenoxy) is 1. The number of likely N-dealkylation sites (N-methyl/N-ethyl adjacent to an activating group) is 1. The Morgan fingerprint density at radius 3 is 2.68 bits per heavy atom. The van der Waals surface area contributed by atoms with Gasteiger partial charge >= 0.3 is 0 Å². The monoisotopic (exact) mass is 460 g/mol. The fourth-order valence-corrected chi connectivity index (χ4v) is 3.26. The van der Waals surface area contributed by atoms with Crippen LogP contribution in [0.2, 0.25) is 0 Å². The van der Waals surface area contributed by atoms with Crippen LogP contribution in [-0.4, -0.2) is 56.7 Å². The highest BCUT2D eigenvalue weighted by Gasteiger charge is 2.22. The molecule has 2 atom stereocenters. The second kappa shape index (κ2) is 12.5. The van der Waals surface area contributed by atoms with Crippen molar-refractivity contribution in [3.63, 3.8) is 0 Å². The van der Waals surface area contributed by atoms with Crippen LogP contribution in [0.5, 0.6) is 0 Å². The third kappa shape index (κ3) is 7.11. The van der Waals surface area contributed by atoms with E-state index in [-0.39, 0.29) is 30.1 Å². The van der Waals surface area contributed by atoms with E-state index in [9.17, 15) is 0 Å². The van der Waals surface area contributed by atoms with E-state index in [1.807, 2.05) is 18.2 Å². The van der Waals surface area contributed by atoms with Gasteiger partial charge in [-0.1, -0.05) is 37.3 Å². The zero-order chi connectivity index (χ0) is 17.2. The average Bonchev–Trinajstić information content (AvgIpc) is 3.08. The van der Waals surface area contributed by atoms with Gasteiger partial charge in [-0.15, -0.1) is 24.0 Å². The maximum Gasteiger partial charge on any atom is 0.191 e. The van der Waals surface area contributed by atoms with Crippen LogP contribution in [0.4, 0.5) is 0 Å². The lowest BCUT2D eigenvalue weighted by atomic mass is 10.1. The number of benzene rings is 1. The molecule has 1 saturated heterocycles. The number of nitrogens with one attached hydrogen (secondary N) is 2. The van der Waals surface area contributed by atoms with Gasteiger partial charge in [0, 0.05) is 26.2 Å². The summed E-state index contributed by atoms with van der Waals surface area (Å²) in [4.78, 5) is 7.26. The van der Waals surface area contributed by atoms with Gasteiger partial charge < -0.3 is 15.4 Å². The van der Waals surface area contributed by atoms with Crippen molar-refractivity contribution >= 4 is 29.9 Å². The first kappa shape index (κ1) is 22.2. The van der Waals surface area contributed by atoms with E-state index < -0.39 is 0 Å². The molecule has 142 valence electrons. The highest BCUT2D eigenvalue weighted by molar-refractivity contribution is 14.0. The number of likely N-dealkylation sites (tertiary alicyclic amines) is 1. The molecule has 0 spiro atoms. The molecule has 2 unspecified atom stereocenters. The molecule has 0 amide bonds. The Morgan fingerprint density at radius 1 is 1.28 bits per heavy atom. The quantitative estimate of drug-likeness (QED) is 0.356. The highest BCUT2D eigenvalue weighted by Crippen LogP contribution is 2.17. The van der Waals surface area contributed by atoms with Gasteiger partial charge in [-0.05, 0) is 38.4 Å². The Hall–Kier alpha value is -0.860. The predicted octanol–water partition coefficient (Wildman–Crippen LogP) is 3.03. The number of hydrogen-bond acceptors (Lipinski definition) is 3. The molecule has 1 aliphatic heterocycles. The van der Waals surface area contributed by atoms with Crippen LogP contribution in [0.25, 0.3) is 0 Å². The predicted molar refractivity (Wildman–Crippen MR) is 116 cm³/mol. The lowest BCUT2D eigenvalue weighted by Crippen LogP contribution is -2.45. The van der Waals surface area contributed by atoms with Gasteiger partial charge in [-0.25, -0.2) is 0 Å². The Kier molecular flexibility index (Phi) is 11.1. The van der Waals surface area contributed by atoms with Crippen molar-refractivity contribution in [2.75, 3.05) is 39.8 Å². The molecular formula is C19H33IN4O. The van der Waals surface area contributed by atoms with Crippen molar-refractivity contribution in [2.24, 2.45) is 4.99 Å². The Labute approximate surface area is 169 Å². The van der Waals surface area contributed by atoms with Crippen LogP contribution in [-0.2, 0) is 4.74 Å². The van der Waals surface area contributed by atoms with E-state index in [0.717, 1.165) is 31.2 Å². The summed E-state index contributed by atoms with van der Waals surface area (Å²) in [5.41, 5.74) is 1.16. The summed E-state index contributed by atoms with van der Waals surface area (Å²) in [5, 5.41) is 6.83. The minimum Gasteiger partial charge on any atom is -0.375 e. The molecule has 1 aromatic carbocycles. The summed E-state index contributed by atoms with van der Waals surface area (Å²) in [6.45, 7) is 9.09. The summed E-state index contributed by atoms with van der Waals surface area (Å²) < 4.78 is 5.61. The minimum atomic E-state index is -0.0136. The van der Waals surface area contributed by atoms with Crippen LogP contribution < -0.4 is 10.6 Å². The first-order valence-corrected chi connectivity index (χ1v) is 9.12. The summed E-state index contributed by atoms with van der Waals surface area (Å²) in [7, 11) is 1.74. The molecule has 1 aromatic rings. The van der Waals surface area contributed by atoms with Crippen molar-refractivity contribution in [3.05, 3.63) is 35.9 Å². The highest BCUT2D eigenvalue weighted by atomic mass is 127. The van der Waals surface area contributed by atoms with Gasteiger partial charge in [0.15, 0.2) is 5.96 Å². The summed E-state index contributed by atoms with van der Waals surface area (Å²) in [6.07, 6.45) is 2.55. The molecule has 0 bridgehead atoms. The summed E-state index contributed by atoms with van der Waals surface area (Å²) >= 11 is 0. The molecule has 5 nitrogen and oxygen atoms in total. The van der Waals surface area contributed by atoms with Gasteiger partial charge in [0.2, 0.25) is 0 Å². The van der Waals surface area contributed by atoms with E-state index in [2.05, 4.69) is 41.5 Å². The molecular weight excluding hydrogens is 427 g/mol. The zero-order valence-corrected chi connectivity index (χ0v) is 18.0. The number of nitrogens with zero attached hydrogens (tertiary/aromatic N) is 2. The molecule has 2 N–H and O–H groups in total. The van der Waals surface area contributed by atoms with E-state index in [4.69, 9.17) is 9.73 Å². The molecule has 1 fully saturated rings. The Balaban J connectivity index is 0.00000312. The van der Waals surface area contributed by atoms with Crippen LogP contribution in [0.3, 0.4) is 0 Å². The molecule has 0 aromatic heterocycles. The van der Waals surface area contributed by atoms with Crippen molar-refractivity contribution in [3.8, 4) is 0 Å². The number of aliphatic imine (C=N–C) groups is 1. The lowest BCUT2D eigenvalue weighted by Gasteiger charge is -2.24. The molecule has 0 radical (unpaired) electrons. The van der Waals surface area contributed by atoms with E-state index in [1.54, 1.807) is 7.11 Å². The first-order chi connectivity index (χ1) is 11.8. The van der Waals surface area contributed by atoms with E-state index in [0.29, 0.717) is 12.6 Å². The summed E-state index contributed by atoms with van der Waals surface area (Å²) in [5.74, 6) is 0.874. The van der Waals surface area contributed by atoms with Crippen molar-refractivity contribution in [2.45, 2.75) is 38.8 Å². The van der Waals surface area contributed by atoms with Crippen LogP contribution in [0, 0.1) is 0 Å². The average molecular weight is 460 g/mol.